The molecule has 0 saturated heterocycles. The Morgan fingerprint density at radius 1 is 1.39 bits per heavy atom. The average Bonchev–Trinajstić information content (AvgIpc) is 2.68. The van der Waals surface area contributed by atoms with Crippen LogP contribution in [0.3, 0.4) is 0 Å². The van der Waals surface area contributed by atoms with Crippen molar-refractivity contribution in [3.63, 3.8) is 0 Å². The van der Waals surface area contributed by atoms with Gasteiger partial charge in [-0.15, -0.1) is 0 Å². The fourth-order valence-electron chi connectivity index (χ4n) is 2.38. The highest BCUT2D eigenvalue weighted by Crippen LogP contribution is 2.48. The number of carboxylic acids is 1. The smallest absolute Gasteiger partial charge is 0.312 e. The first kappa shape index (κ1) is 11.3. The van der Waals surface area contributed by atoms with E-state index in [0.717, 1.165) is 19.3 Å². The van der Waals surface area contributed by atoms with Crippen molar-refractivity contribution in [3.8, 4) is 11.5 Å². The third kappa shape index (κ3) is 1.62. The molecule has 96 valence electrons. The number of rotatable bonds is 3. The fraction of sp³-hybridized carbons (Fsp3) is 0.462. The van der Waals surface area contributed by atoms with Crippen molar-refractivity contribution < 1.29 is 19.4 Å². The van der Waals surface area contributed by atoms with E-state index in [1.54, 1.807) is 18.2 Å². The summed E-state index contributed by atoms with van der Waals surface area (Å²) in [6, 6.07) is 5.24. The lowest BCUT2D eigenvalue weighted by Gasteiger charge is -2.35. The molecule has 0 aromatic heterocycles. The Hall–Kier alpha value is -1.75. The highest BCUT2D eigenvalue weighted by molar-refractivity contribution is 5.76. The minimum Gasteiger partial charge on any atom is -0.481 e. The maximum absolute atomic E-state index is 11.1. The van der Waals surface area contributed by atoms with Crippen molar-refractivity contribution in [2.45, 2.75) is 31.0 Å². The van der Waals surface area contributed by atoms with Gasteiger partial charge in [0.2, 0.25) is 0 Å². The summed E-state index contributed by atoms with van der Waals surface area (Å²) >= 11 is 0. The number of hydrogen-bond acceptors (Lipinski definition) is 4. The summed E-state index contributed by atoms with van der Waals surface area (Å²) in [5.41, 5.74) is 6.14. The second kappa shape index (κ2) is 3.88. The lowest BCUT2D eigenvalue weighted by atomic mass is 9.91. The summed E-state index contributed by atoms with van der Waals surface area (Å²) in [5, 5.41) is 9.08. The van der Waals surface area contributed by atoms with E-state index in [4.69, 9.17) is 20.3 Å². The van der Waals surface area contributed by atoms with Gasteiger partial charge in [-0.3, -0.25) is 4.79 Å². The molecule has 0 bridgehead atoms. The van der Waals surface area contributed by atoms with Crippen molar-refractivity contribution in [2.75, 3.05) is 6.54 Å². The zero-order chi connectivity index (χ0) is 12.8. The number of carbonyl (C=O) groups is 1. The molecule has 1 unspecified atom stereocenters. The van der Waals surface area contributed by atoms with Crippen molar-refractivity contribution in [1.29, 1.82) is 0 Å². The van der Waals surface area contributed by atoms with E-state index >= 15 is 0 Å². The normalized spacial score (nSPS) is 20.5. The number of benzene rings is 1. The Labute approximate surface area is 104 Å². The summed E-state index contributed by atoms with van der Waals surface area (Å²) in [6.07, 6.45) is 2.87. The predicted octanol–water partition coefficient (Wildman–Crippen LogP) is 1.46. The molecule has 0 radical (unpaired) electrons. The highest BCUT2D eigenvalue weighted by atomic mass is 16.7. The van der Waals surface area contributed by atoms with Crippen LogP contribution in [0.15, 0.2) is 18.2 Å². The summed E-state index contributed by atoms with van der Waals surface area (Å²) in [4.78, 5) is 11.1. The van der Waals surface area contributed by atoms with E-state index in [1.807, 2.05) is 0 Å². The fourth-order valence-corrected chi connectivity index (χ4v) is 2.38. The molecule has 5 heteroatoms. The zero-order valence-corrected chi connectivity index (χ0v) is 9.89. The van der Waals surface area contributed by atoms with Gasteiger partial charge in [-0.25, -0.2) is 0 Å². The molecule has 2 aliphatic rings. The molecule has 0 amide bonds. The second-order valence-corrected chi connectivity index (χ2v) is 4.80. The van der Waals surface area contributed by atoms with E-state index in [0.29, 0.717) is 17.1 Å². The lowest BCUT2D eigenvalue weighted by Crippen LogP contribution is -2.45. The van der Waals surface area contributed by atoms with E-state index in [1.165, 1.54) is 0 Å². The van der Waals surface area contributed by atoms with Crippen LogP contribution < -0.4 is 15.2 Å². The third-order valence-electron chi connectivity index (χ3n) is 3.61. The molecular weight excluding hydrogens is 234 g/mol. The van der Waals surface area contributed by atoms with E-state index in [-0.39, 0.29) is 6.54 Å². The van der Waals surface area contributed by atoms with Gasteiger partial charge in [0.15, 0.2) is 11.5 Å². The van der Waals surface area contributed by atoms with Gasteiger partial charge in [0.1, 0.15) is 0 Å². The van der Waals surface area contributed by atoms with Crippen LogP contribution in [0, 0.1) is 0 Å². The molecule has 1 saturated carbocycles. The van der Waals surface area contributed by atoms with Crippen LogP contribution in [-0.4, -0.2) is 23.4 Å². The molecule has 1 aliphatic heterocycles. The summed E-state index contributed by atoms with van der Waals surface area (Å²) in [6.45, 7) is 0.0696. The van der Waals surface area contributed by atoms with Crippen LogP contribution in [-0.2, 0) is 4.79 Å². The molecule has 3 rings (SSSR count). The van der Waals surface area contributed by atoms with Crippen LogP contribution in [0.25, 0.3) is 0 Å². The van der Waals surface area contributed by atoms with Crippen molar-refractivity contribution in [1.82, 2.24) is 0 Å². The molecule has 5 nitrogen and oxygen atoms in total. The van der Waals surface area contributed by atoms with Gasteiger partial charge in [-0.1, -0.05) is 6.07 Å². The van der Waals surface area contributed by atoms with Gasteiger partial charge < -0.3 is 20.3 Å². The summed E-state index contributed by atoms with van der Waals surface area (Å²) < 4.78 is 11.5. The minimum atomic E-state index is -0.922. The molecular formula is C13H15NO4. The molecule has 1 atom stereocenters. The van der Waals surface area contributed by atoms with Gasteiger partial charge in [0.25, 0.3) is 5.79 Å². The molecule has 1 spiro atoms. The van der Waals surface area contributed by atoms with Gasteiger partial charge in [0, 0.05) is 19.4 Å². The first-order valence-electron chi connectivity index (χ1n) is 6.08. The lowest BCUT2D eigenvalue weighted by molar-refractivity contribution is -0.138. The number of hydrogen-bond donors (Lipinski definition) is 2. The molecule has 1 aliphatic carbocycles. The molecule has 1 fully saturated rings. The van der Waals surface area contributed by atoms with E-state index in [2.05, 4.69) is 0 Å². The first-order valence-corrected chi connectivity index (χ1v) is 6.08. The van der Waals surface area contributed by atoms with Gasteiger partial charge >= 0.3 is 5.97 Å². The summed E-state index contributed by atoms with van der Waals surface area (Å²) in [5.74, 6) is -0.777. The molecule has 3 N–H and O–H groups in total. The quantitative estimate of drug-likeness (QED) is 0.847. The Bertz CT molecular complexity index is 496. The highest BCUT2D eigenvalue weighted by Gasteiger charge is 2.47. The topological polar surface area (TPSA) is 81.8 Å². The number of fused-ring (bicyclic) bond motifs is 1. The largest absolute Gasteiger partial charge is 0.481 e. The van der Waals surface area contributed by atoms with Gasteiger partial charge in [-0.05, 0) is 24.1 Å². The van der Waals surface area contributed by atoms with Crippen molar-refractivity contribution >= 4 is 5.97 Å². The van der Waals surface area contributed by atoms with E-state index < -0.39 is 17.7 Å². The summed E-state index contributed by atoms with van der Waals surface area (Å²) in [7, 11) is 0. The van der Waals surface area contributed by atoms with E-state index in [9.17, 15) is 4.79 Å². The zero-order valence-electron chi connectivity index (χ0n) is 9.89. The molecule has 1 aromatic rings. The number of carboxylic acid groups (broad SMARTS) is 1. The molecule has 1 heterocycles. The Morgan fingerprint density at radius 3 is 2.67 bits per heavy atom. The van der Waals surface area contributed by atoms with Crippen LogP contribution in [0.1, 0.15) is 30.7 Å². The Balaban J connectivity index is 1.89. The third-order valence-corrected chi connectivity index (χ3v) is 3.61. The number of nitrogens with two attached hydrogens (primary N) is 1. The molecule has 1 aromatic carbocycles. The maximum Gasteiger partial charge on any atom is 0.312 e. The minimum absolute atomic E-state index is 0.0696. The maximum atomic E-state index is 11.1. The van der Waals surface area contributed by atoms with Crippen molar-refractivity contribution in [2.24, 2.45) is 5.73 Å². The van der Waals surface area contributed by atoms with Crippen LogP contribution in [0.4, 0.5) is 0 Å². The van der Waals surface area contributed by atoms with Crippen LogP contribution in [0.2, 0.25) is 0 Å². The van der Waals surface area contributed by atoms with Crippen LogP contribution in [0.5, 0.6) is 11.5 Å². The second-order valence-electron chi connectivity index (χ2n) is 4.80. The van der Waals surface area contributed by atoms with Gasteiger partial charge in [-0.2, -0.15) is 0 Å². The molecule has 18 heavy (non-hydrogen) atoms. The van der Waals surface area contributed by atoms with Crippen LogP contribution >= 0.6 is 0 Å². The number of aliphatic carboxylic acids is 1. The monoisotopic (exact) mass is 249 g/mol. The predicted molar refractivity (Wildman–Crippen MR) is 63.7 cm³/mol. The van der Waals surface area contributed by atoms with Gasteiger partial charge in [0.05, 0.1) is 5.92 Å². The first-order chi connectivity index (χ1) is 8.63. The number of ether oxygens (including phenoxy) is 2. The van der Waals surface area contributed by atoms with Crippen molar-refractivity contribution in [3.05, 3.63) is 23.8 Å². The Morgan fingerprint density at radius 2 is 2.11 bits per heavy atom. The standard InChI is InChI=1S/C13H15NO4/c14-7-9(12(15)16)8-2-3-10-11(6-8)18-13(17-10)4-1-5-13/h2-3,6,9H,1,4-5,7,14H2,(H,15,16). The SMILES string of the molecule is NCC(C(=O)O)c1ccc2c(c1)OC1(CCC1)O2. The average molecular weight is 249 g/mol. The Kier molecular flexibility index (Phi) is 2.45.